The second kappa shape index (κ2) is 17.5. The van der Waals surface area contributed by atoms with Crippen LogP contribution in [0.5, 0.6) is 0 Å². The largest absolute Gasteiger partial charge is 0.444 e. The van der Waals surface area contributed by atoms with Gasteiger partial charge in [-0.1, -0.05) is 77.1 Å². The number of ether oxygens (including phenoxy) is 1. The van der Waals surface area contributed by atoms with Crippen molar-refractivity contribution in [2.45, 2.75) is 117 Å². The molecule has 0 saturated carbocycles. The Morgan fingerprint density at radius 3 is 2.08 bits per heavy atom. The van der Waals surface area contributed by atoms with E-state index in [0.717, 1.165) is 50.5 Å². The molecule has 2 atom stereocenters. The molecule has 1 aromatic rings. The van der Waals surface area contributed by atoms with E-state index >= 15 is 0 Å². The van der Waals surface area contributed by atoms with Crippen LogP contribution in [0.2, 0.25) is 0 Å². The molecular weight excluding hydrogens is 496 g/mol. The van der Waals surface area contributed by atoms with Gasteiger partial charge in [-0.25, -0.2) is 4.79 Å². The molecular formula is C30H50N4O5. The van der Waals surface area contributed by atoms with Gasteiger partial charge in [-0.3, -0.25) is 14.4 Å². The molecule has 0 radical (unpaired) electrons. The number of nitrogens with two attached hydrogens (primary N) is 1. The summed E-state index contributed by atoms with van der Waals surface area (Å²) in [6, 6.07) is 5.44. The standard InChI is InChI=1S/C30H50N4O5/c1-7-10-12-14-20-34(28(37)24(21-25(31)35)33-29(38)39-30(4,5)6)26(27(36)32-19-13-11-8-2)23-17-15-22(9-3)16-18-23/h15-18,24,26H,7-14,19-21H2,1-6H3,(H2,31,35)(H,32,36)(H,33,38). The van der Waals surface area contributed by atoms with Crippen molar-refractivity contribution in [2.75, 3.05) is 13.1 Å². The SMILES string of the molecule is CCCCCCN(C(=O)C(CC(N)=O)NC(=O)OC(C)(C)C)C(C(=O)NCCCCC)c1ccc(CC)cc1. The highest BCUT2D eigenvalue weighted by Gasteiger charge is 2.36. The molecule has 39 heavy (non-hydrogen) atoms. The molecule has 0 saturated heterocycles. The first-order valence-corrected chi connectivity index (χ1v) is 14.4. The van der Waals surface area contributed by atoms with Gasteiger partial charge in [0.05, 0.1) is 6.42 Å². The number of carbonyl (C=O) groups is 4. The fraction of sp³-hybridized carbons (Fsp3) is 0.667. The quantitative estimate of drug-likeness (QED) is 0.242. The van der Waals surface area contributed by atoms with Crippen LogP contribution in [0.25, 0.3) is 0 Å². The molecule has 2 unspecified atom stereocenters. The van der Waals surface area contributed by atoms with Crippen molar-refractivity contribution in [1.29, 1.82) is 0 Å². The second-order valence-corrected chi connectivity index (χ2v) is 11.0. The molecule has 1 rings (SSSR count). The lowest BCUT2D eigenvalue weighted by atomic mass is 9.99. The first-order chi connectivity index (χ1) is 18.4. The molecule has 9 heteroatoms. The summed E-state index contributed by atoms with van der Waals surface area (Å²) >= 11 is 0. The van der Waals surface area contributed by atoms with E-state index in [1.54, 1.807) is 20.8 Å². The Balaban J connectivity index is 3.45. The van der Waals surface area contributed by atoms with Crippen molar-refractivity contribution in [1.82, 2.24) is 15.5 Å². The van der Waals surface area contributed by atoms with Crippen LogP contribution in [0, 0.1) is 0 Å². The van der Waals surface area contributed by atoms with E-state index in [1.807, 2.05) is 31.2 Å². The summed E-state index contributed by atoms with van der Waals surface area (Å²) in [6.45, 7) is 12.1. The lowest BCUT2D eigenvalue weighted by Crippen LogP contribution is -2.54. The third-order valence-electron chi connectivity index (χ3n) is 6.27. The van der Waals surface area contributed by atoms with Crippen molar-refractivity contribution in [3.8, 4) is 0 Å². The molecule has 0 aliphatic rings. The maximum atomic E-state index is 14.0. The molecule has 4 N–H and O–H groups in total. The first-order valence-electron chi connectivity index (χ1n) is 14.4. The summed E-state index contributed by atoms with van der Waals surface area (Å²) in [6.07, 6.45) is 5.97. The van der Waals surface area contributed by atoms with Crippen LogP contribution in [0.4, 0.5) is 4.79 Å². The fourth-order valence-corrected chi connectivity index (χ4v) is 4.22. The van der Waals surface area contributed by atoms with Gasteiger partial charge < -0.3 is 26.0 Å². The van der Waals surface area contributed by atoms with Gasteiger partial charge in [-0.05, 0) is 51.2 Å². The Hall–Kier alpha value is -3.10. The van der Waals surface area contributed by atoms with Crippen LogP contribution in [0.15, 0.2) is 24.3 Å². The van der Waals surface area contributed by atoms with Gasteiger partial charge in [0.2, 0.25) is 17.7 Å². The summed E-state index contributed by atoms with van der Waals surface area (Å²) in [5.74, 6) is -1.60. The van der Waals surface area contributed by atoms with E-state index in [2.05, 4.69) is 24.5 Å². The Kier molecular flexibility index (Phi) is 15.2. The van der Waals surface area contributed by atoms with E-state index in [4.69, 9.17) is 10.5 Å². The molecule has 0 bridgehead atoms. The summed E-state index contributed by atoms with van der Waals surface area (Å²) in [7, 11) is 0. The van der Waals surface area contributed by atoms with E-state index in [-0.39, 0.29) is 12.5 Å². The highest BCUT2D eigenvalue weighted by Crippen LogP contribution is 2.25. The zero-order valence-corrected chi connectivity index (χ0v) is 24.8. The number of hydrogen-bond acceptors (Lipinski definition) is 5. The van der Waals surface area contributed by atoms with Gasteiger partial charge in [-0.2, -0.15) is 0 Å². The van der Waals surface area contributed by atoms with Crippen LogP contribution in [0.3, 0.4) is 0 Å². The van der Waals surface area contributed by atoms with Gasteiger partial charge in [0.1, 0.15) is 17.7 Å². The zero-order chi connectivity index (χ0) is 29.4. The molecule has 0 aromatic heterocycles. The van der Waals surface area contributed by atoms with Crippen LogP contribution >= 0.6 is 0 Å². The topological polar surface area (TPSA) is 131 Å². The third kappa shape index (κ3) is 13.0. The lowest BCUT2D eigenvalue weighted by Gasteiger charge is -2.34. The minimum Gasteiger partial charge on any atom is -0.444 e. The minimum atomic E-state index is -1.27. The molecule has 220 valence electrons. The number of rotatable bonds is 17. The van der Waals surface area contributed by atoms with Crippen molar-refractivity contribution < 1.29 is 23.9 Å². The molecule has 9 nitrogen and oxygen atoms in total. The van der Waals surface area contributed by atoms with Gasteiger partial charge in [0.15, 0.2) is 0 Å². The van der Waals surface area contributed by atoms with Crippen molar-refractivity contribution in [3.63, 3.8) is 0 Å². The summed E-state index contributed by atoms with van der Waals surface area (Å²) in [4.78, 5) is 53.7. The second-order valence-electron chi connectivity index (χ2n) is 11.0. The number of aryl methyl sites for hydroxylation is 1. The fourth-order valence-electron chi connectivity index (χ4n) is 4.22. The van der Waals surface area contributed by atoms with Crippen LogP contribution < -0.4 is 16.4 Å². The summed E-state index contributed by atoms with van der Waals surface area (Å²) in [5, 5.41) is 5.52. The Morgan fingerprint density at radius 2 is 1.54 bits per heavy atom. The van der Waals surface area contributed by atoms with E-state index in [0.29, 0.717) is 18.5 Å². The van der Waals surface area contributed by atoms with E-state index in [9.17, 15) is 19.2 Å². The van der Waals surface area contributed by atoms with Gasteiger partial charge in [0, 0.05) is 13.1 Å². The Labute approximate surface area is 234 Å². The molecule has 4 amide bonds. The Bertz CT molecular complexity index is 911. The van der Waals surface area contributed by atoms with Gasteiger partial charge in [-0.15, -0.1) is 0 Å². The maximum Gasteiger partial charge on any atom is 0.408 e. The molecule has 1 aromatic carbocycles. The highest BCUT2D eigenvalue weighted by molar-refractivity contribution is 5.94. The molecule has 0 fully saturated rings. The Morgan fingerprint density at radius 1 is 0.923 bits per heavy atom. The van der Waals surface area contributed by atoms with E-state index in [1.165, 1.54) is 4.90 Å². The van der Waals surface area contributed by atoms with E-state index < -0.39 is 42.0 Å². The maximum absolute atomic E-state index is 14.0. The number of primary amides is 1. The minimum absolute atomic E-state index is 0.284. The number of carbonyl (C=O) groups excluding carboxylic acids is 4. The number of hydrogen-bond donors (Lipinski definition) is 3. The highest BCUT2D eigenvalue weighted by atomic mass is 16.6. The molecule has 0 aliphatic heterocycles. The molecule has 0 heterocycles. The number of unbranched alkanes of at least 4 members (excludes halogenated alkanes) is 5. The number of nitrogens with one attached hydrogen (secondary N) is 2. The van der Waals surface area contributed by atoms with Crippen molar-refractivity contribution in [3.05, 3.63) is 35.4 Å². The number of amides is 4. The molecule has 0 aliphatic carbocycles. The number of alkyl carbamates (subject to hydrolysis) is 1. The van der Waals surface area contributed by atoms with Crippen molar-refractivity contribution in [2.24, 2.45) is 5.73 Å². The monoisotopic (exact) mass is 546 g/mol. The number of nitrogens with zero attached hydrogens (tertiary/aromatic N) is 1. The zero-order valence-electron chi connectivity index (χ0n) is 24.8. The van der Waals surface area contributed by atoms with Gasteiger partial charge in [0.25, 0.3) is 0 Å². The summed E-state index contributed by atoms with van der Waals surface area (Å²) in [5.41, 5.74) is 6.44. The number of benzene rings is 1. The third-order valence-corrected chi connectivity index (χ3v) is 6.27. The summed E-state index contributed by atoms with van der Waals surface area (Å²) < 4.78 is 5.33. The molecule has 0 spiro atoms. The predicted octanol–water partition coefficient (Wildman–Crippen LogP) is 4.77. The van der Waals surface area contributed by atoms with Crippen molar-refractivity contribution >= 4 is 23.8 Å². The average Bonchev–Trinajstić information content (AvgIpc) is 2.86. The normalized spacial score (nSPS) is 12.8. The predicted molar refractivity (Wildman–Crippen MR) is 154 cm³/mol. The smallest absolute Gasteiger partial charge is 0.408 e. The lowest BCUT2D eigenvalue weighted by molar-refractivity contribution is -0.143. The first kappa shape index (κ1) is 33.9. The average molecular weight is 547 g/mol. The van der Waals surface area contributed by atoms with Gasteiger partial charge >= 0.3 is 6.09 Å². The van der Waals surface area contributed by atoms with Crippen LogP contribution in [-0.4, -0.2) is 53.4 Å². The van der Waals surface area contributed by atoms with Crippen LogP contribution in [0.1, 0.15) is 110 Å². The van der Waals surface area contributed by atoms with Crippen LogP contribution in [-0.2, 0) is 25.5 Å².